The molecule has 1 aliphatic heterocycles. The summed E-state index contributed by atoms with van der Waals surface area (Å²) in [5.74, 6) is 0.584. The minimum absolute atomic E-state index is 0.0503. The monoisotopic (exact) mass is 308 g/mol. The van der Waals surface area contributed by atoms with Gasteiger partial charge in [-0.15, -0.1) is 0 Å². The van der Waals surface area contributed by atoms with Crippen LogP contribution in [0.5, 0.6) is 0 Å². The van der Waals surface area contributed by atoms with Crippen LogP contribution in [0.4, 0.5) is 0 Å². The molecule has 1 heterocycles. The first-order chi connectivity index (χ1) is 9.81. The molecule has 0 bridgehead atoms. The fourth-order valence-corrected chi connectivity index (χ4v) is 3.76. The Bertz CT molecular complexity index is 573. The average Bonchev–Trinajstić information content (AvgIpc) is 2.68. The van der Waals surface area contributed by atoms with Crippen LogP contribution >= 0.6 is 0 Å². The van der Waals surface area contributed by atoms with E-state index in [0.717, 1.165) is 11.1 Å². The molecule has 4 atom stereocenters. The van der Waals surface area contributed by atoms with Crippen molar-refractivity contribution in [3.05, 3.63) is 34.9 Å². The Balaban J connectivity index is 2.38. The van der Waals surface area contributed by atoms with E-state index in [0.29, 0.717) is 5.75 Å². The van der Waals surface area contributed by atoms with E-state index in [9.17, 15) is 9.00 Å². The van der Waals surface area contributed by atoms with Crippen molar-refractivity contribution in [3.63, 3.8) is 0 Å². The summed E-state index contributed by atoms with van der Waals surface area (Å²) in [4.78, 5) is 14.3. The summed E-state index contributed by atoms with van der Waals surface area (Å²) in [7, 11) is -0.921. The molecule has 1 N–H and O–H groups in total. The van der Waals surface area contributed by atoms with E-state index in [2.05, 4.69) is 37.4 Å². The summed E-state index contributed by atoms with van der Waals surface area (Å²) in [6.45, 7) is 7.97. The predicted molar refractivity (Wildman–Crippen MR) is 86.5 cm³/mol. The lowest BCUT2D eigenvalue weighted by atomic mass is 10.0. The third-order valence-corrected chi connectivity index (χ3v) is 4.94. The summed E-state index contributed by atoms with van der Waals surface area (Å²) >= 11 is 0. The SMILES string of the molecule is Cc1ccc(C)c(C2NC(C)C(=O)N2C(C)CS(C)=O)c1. The van der Waals surface area contributed by atoms with Crippen molar-refractivity contribution < 1.29 is 9.00 Å². The van der Waals surface area contributed by atoms with Crippen molar-refractivity contribution >= 4 is 16.7 Å². The van der Waals surface area contributed by atoms with Gasteiger partial charge in [-0.3, -0.25) is 14.3 Å². The number of carbonyl (C=O) groups is 1. The lowest BCUT2D eigenvalue weighted by molar-refractivity contribution is -0.131. The number of amides is 1. The van der Waals surface area contributed by atoms with Crippen molar-refractivity contribution in [1.29, 1.82) is 0 Å². The lowest BCUT2D eigenvalue weighted by Crippen LogP contribution is -2.41. The molecule has 0 aliphatic carbocycles. The summed E-state index contributed by atoms with van der Waals surface area (Å²) < 4.78 is 11.5. The Hall–Kier alpha value is -1.20. The molecule has 21 heavy (non-hydrogen) atoms. The van der Waals surface area contributed by atoms with Crippen molar-refractivity contribution in [2.24, 2.45) is 0 Å². The van der Waals surface area contributed by atoms with Gasteiger partial charge in [0, 0.05) is 28.9 Å². The maximum Gasteiger partial charge on any atom is 0.241 e. The number of rotatable bonds is 4. The van der Waals surface area contributed by atoms with Crippen LogP contribution in [0.25, 0.3) is 0 Å². The molecule has 2 rings (SSSR count). The number of hydrogen-bond donors (Lipinski definition) is 1. The van der Waals surface area contributed by atoms with Gasteiger partial charge >= 0.3 is 0 Å². The summed E-state index contributed by atoms with van der Waals surface area (Å²) in [5.41, 5.74) is 3.47. The normalized spacial score (nSPS) is 25.2. The van der Waals surface area contributed by atoms with Gasteiger partial charge in [0.05, 0.1) is 6.04 Å². The highest BCUT2D eigenvalue weighted by Crippen LogP contribution is 2.30. The Morgan fingerprint density at radius 2 is 2.05 bits per heavy atom. The molecular weight excluding hydrogens is 284 g/mol. The van der Waals surface area contributed by atoms with Gasteiger partial charge in [0.2, 0.25) is 5.91 Å². The zero-order valence-electron chi connectivity index (χ0n) is 13.3. The van der Waals surface area contributed by atoms with Gasteiger partial charge in [-0.2, -0.15) is 0 Å². The zero-order valence-corrected chi connectivity index (χ0v) is 14.2. The van der Waals surface area contributed by atoms with E-state index in [1.54, 1.807) is 6.26 Å². The largest absolute Gasteiger partial charge is 0.318 e. The van der Waals surface area contributed by atoms with E-state index >= 15 is 0 Å². The number of hydrogen-bond acceptors (Lipinski definition) is 3. The van der Waals surface area contributed by atoms with Gasteiger partial charge in [0.25, 0.3) is 0 Å². The Labute approximate surface area is 129 Å². The maximum absolute atomic E-state index is 12.5. The summed E-state index contributed by atoms with van der Waals surface area (Å²) in [5, 5.41) is 3.37. The minimum Gasteiger partial charge on any atom is -0.318 e. The first-order valence-electron chi connectivity index (χ1n) is 7.26. The fourth-order valence-electron chi connectivity index (χ4n) is 2.93. The van der Waals surface area contributed by atoms with Crippen LogP contribution in [0.1, 0.15) is 36.7 Å². The van der Waals surface area contributed by atoms with Crippen molar-refractivity contribution in [2.45, 2.75) is 45.9 Å². The van der Waals surface area contributed by atoms with Crippen molar-refractivity contribution in [2.75, 3.05) is 12.0 Å². The molecule has 1 aromatic carbocycles. The molecule has 1 aliphatic rings. The second kappa shape index (κ2) is 6.28. The molecule has 1 saturated heterocycles. The van der Waals surface area contributed by atoms with Gasteiger partial charge in [0.15, 0.2) is 0 Å². The second-order valence-electron chi connectivity index (χ2n) is 5.99. The molecular formula is C16H24N2O2S. The molecule has 4 unspecified atom stereocenters. The standard InChI is InChI=1S/C16H24N2O2S/c1-10-6-7-11(2)14(8-10)15-17-13(4)16(19)18(15)12(3)9-21(5)20/h6-8,12-13,15,17H,9H2,1-5H3. The third kappa shape index (κ3) is 3.35. The number of nitrogens with zero attached hydrogens (tertiary/aromatic N) is 1. The van der Waals surface area contributed by atoms with Crippen LogP contribution in [0.15, 0.2) is 18.2 Å². The van der Waals surface area contributed by atoms with Crippen molar-refractivity contribution in [3.8, 4) is 0 Å². The maximum atomic E-state index is 12.5. The molecule has 4 nitrogen and oxygen atoms in total. The van der Waals surface area contributed by atoms with Crippen LogP contribution in [0.2, 0.25) is 0 Å². The van der Waals surface area contributed by atoms with Gasteiger partial charge in [-0.1, -0.05) is 23.8 Å². The van der Waals surface area contributed by atoms with Gasteiger partial charge < -0.3 is 4.90 Å². The van der Waals surface area contributed by atoms with E-state index in [4.69, 9.17) is 0 Å². The Kier molecular flexibility index (Phi) is 4.84. The summed E-state index contributed by atoms with van der Waals surface area (Å²) in [6.07, 6.45) is 1.55. The lowest BCUT2D eigenvalue weighted by Gasteiger charge is -2.31. The molecule has 0 aromatic heterocycles. The second-order valence-corrected chi connectivity index (χ2v) is 7.47. The first-order valence-corrected chi connectivity index (χ1v) is 8.99. The first kappa shape index (κ1) is 16.2. The quantitative estimate of drug-likeness (QED) is 0.924. The Morgan fingerprint density at radius 1 is 1.38 bits per heavy atom. The molecule has 0 saturated carbocycles. The van der Waals surface area contributed by atoms with Crippen LogP contribution in [-0.4, -0.2) is 39.1 Å². The van der Waals surface area contributed by atoms with Crippen LogP contribution in [0, 0.1) is 13.8 Å². The molecule has 0 radical (unpaired) electrons. The smallest absolute Gasteiger partial charge is 0.241 e. The number of nitrogens with one attached hydrogen (secondary N) is 1. The number of carbonyl (C=O) groups excluding carboxylic acids is 1. The molecule has 1 fully saturated rings. The van der Waals surface area contributed by atoms with Crippen LogP contribution < -0.4 is 5.32 Å². The van der Waals surface area contributed by atoms with Crippen molar-refractivity contribution in [1.82, 2.24) is 10.2 Å². The number of aryl methyl sites for hydroxylation is 2. The minimum atomic E-state index is -0.921. The highest BCUT2D eigenvalue weighted by Gasteiger charge is 2.40. The van der Waals surface area contributed by atoms with Gasteiger partial charge in [0.1, 0.15) is 6.17 Å². The highest BCUT2D eigenvalue weighted by atomic mass is 32.2. The Morgan fingerprint density at radius 3 is 2.67 bits per heavy atom. The topological polar surface area (TPSA) is 49.4 Å². The van der Waals surface area contributed by atoms with E-state index in [-0.39, 0.29) is 24.2 Å². The van der Waals surface area contributed by atoms with Crippen LogP contribution in [0.3, 0.4) is 0 Å². The van der Waals surface area contributed by atoms with Crippen LogP contribution in [-0.2, 0) is 15.6 Å². The number of benzene rings is 1. The van der Waals surface area contributed by atoms with Gasteiger partial charge in [-0.25, -0.2) is 0 Å². The predicted octanol–water partition coefficient (Wildman–Crippen LogP) is 1.89. The molecule has 1 amide bonds. The third-order valence-electron chi connectivity index (χ3n) is 3.99. The van der Waals surface area contributed by atoms with E-state index in [1.807, 2.05) is 18.7 Å². The van der Waals surface area contributed by atoms with E-state index in [1.165, 1.54) is 5.56 Å². The van der Waals surface area contributed by atoms with E-state index < -0.39 is 10.8 Å². The average molecular weight is 308 g/mol. The molecule has 0 spiro atoms. The molecule has 1 aromatic rings. The molecule has 5 heteroatoms. The summed E-state index contributed by atoms with van der Waals surface area (Å²) in [6, 6.07) is 6.03. The van der Waals surface area contributed by atoms with Gasteiger partial charge in [-0.05, 0) is 38.8 Å². The fraction of sp³-hybridized carbons (Fsp3) is 0.562. The highest BCUT2D eigenvalue weighted by molar-refractivity contribution is 7.84. The molecule has 116 valence electrons. The zero-order chi connectivity index (χ0) is 15.7.